The van der Waals surface area contributed by atoms with Crippen LogP contribution < -0.4 is 11.1 Å². The van der Waals surface area contributed by atoms with E-state index in [2.05, 4.69) is 5.32 Å². The molecule has 8 heteroatoms. The molecule has 142 valence electrons. The summed E-state index contributed by atoms with van der Waals surface area (Å²) < 4.78 is 43.7. The van der Waals surface area contributed by atoms with E-state index in [4.69, 9.17) is 10.5 Å². The largest absolute Gasteiger partial charge is 0.416 e. The summed E-state index contributed by atoms with van der Waals surface area (Å²) in [6.45, 7) is 2.64. The minimum Gasteiger partial charge on any atom is -0.364 e. The lowest BCUT2D eigenvalue weighted by atomic mass is 9.96. The molecule has 1 aliphatic rings. The van der Waals surface area contributed by atoms with Gasteiger partial charge in [0.2, 0.25) is 5.91 Å². The topological polar surface area (TPSA) is 64.4 Å². The molecule has 1 aromatic rings. The number of amides is 1. The van der Waals surface area contributed by atoms with E-state index in [1.54, 1.807) is 6.07 Å². The first-order valence-electron chi connectivity index (χ1n) is 8.11. The zero-order chi connectivity index (χ0) is 17.7. The molecule has 25 heavy (non-hydrogen) atoms. The van der Waals surface area contributed by atoms with Gasteiger partial charge in [0.05, 0.1) is 11.7 Å². The van der Waals surface area contributed by atoms with Gasteiger partial charge in [-0.3, -0.25) is 4.79 Å². The first-order valence-corrected chi connectivity index (χ1v) is 8.11. The fraction of sp³-hybridized carbons (Fsp3) is 0.588. The van der Waals surface area contributed by atoms with Crippen molar-refractivity contribution in [2.75, 3.05) is 13.1 Å². The molecule has 1 heterocycles. The Morgan fingerprint density at radius 2 is 2.12 bits per heavy atom. The lowest BCUT2D eigenvalue weighted by Gasteiger charge is -2.16. The van der Waals surface area contributed by atoms with Crippen LogP contribution in [0.2, 0.25) is 0 Å². The summed E-state index contributed by atoms with van der Waals surface area (Å²) >= 11 is 0. The normalized spacial score (nSPS) is 21.5. The number of carbonyl (C=O) groups excluding carboxylic acids is 1. The molecule has 1 aromatic carbocycles. The van der Waals surface area contributed by atoms with Gasteiger partial charge in [0, 0.05) is 13.1 Å². The molecule has 0 bridgehead atoms. The summed E-state index contributed by atoms with van der Waals surface area (Å²) in [6.07, 6.45) is -2.90. The average Bonchev–Trinajstić information content (AvgIpc) is 3.03. The van der Waals surface area contributed by atoms with Crippen molar-refractivity contribution < 1.29 is 22.7 Å². The summed E-state index contributed by atoms with van der Waals surface area (Å²) in [7, 11) is 0. The minimum atomic E-state index is -4.34. The molecule has 4 nitrogen and oxygen atoms in total. The molecule has 3 atom stereocenters. The van der Waals surface area contributed by atoms with Crippen molar-refractivity contribution >= 4 is 18.3 Å². The van der Waals surface area contributed by atoms with Crippen molar-refractivity contribution in [3.63, 3.8) is 0 Å². The molecule has 0 saturated carbocycles. The zero-order valence-corrected chi connectivity index (χ0v) is 14.8. The third-order valence-corrected chi connectivity index (χ3v) is 4.32. The van der Waals surface area contributed by atoms with Crippen molar-refractivity contribution in [1.82, 2.24) is 5.32 Å². The third kappa shape index (κ3) is 6.17. The van der Waals surface area contributed by atoms with Gasteiger partial charge in [-0.1, -0.05) is 25.1 Å². The third-order valence-electron chi connectivity index (χ3n) is 4.32. The van der Waals surface area contributed by atoms with Crippen molar-refractivity contribution in [3.05, 3.63) is 35.4 Å². The number of hydrogen-bond donors (Lipinski definition) is 2. The molecular formula is C17H24ClF3N2O2. The lowest BCUT2D eigenvalue weighted by molar-refractivity contribution is -0.137. The first-order chi connectivity index (χ1) is 11.3. The van der Waals surface area contributed by atoms with E-state index in [-0.39, 0.29) is 30.3 Å². The Labute approximate surface area is 151 Å². The monoisotopic (exact) mass is 380 g/mol. The fourth-order valence-electron chi connectivity index (χ4n) is 2.79. The van der Waals surface area contributed by atoms with Crippen LogP contribution >= 0.6 is 12.4 Å². The highest BCUT2D eigenvalue weighted by molar-refractivity contribution is 5.85. The van der Waals surface area contributed by atoms with E-state index in [0.29, 0.717) is 31.5 Å². The molecule has 1 aliphatic heterocycles. The molecule has 2 rings (SSSR count). The predicted octanol–water partition coefficient (Wildman–Crippen LogP) is 3.24. The smallest absolute Gasteiger partial charge is 0.364 e. The highest BCUT2D eigenvalue weighted by Crippen LogP contribution is 2.31. The first kappa shape index (κ1) is 21.7. The van der Waals surface area contributed by atoms with E-state index < -0.39 is 17.8 Å². The summed E-state index contributed by atoms with van der Waals surface area (Å²) in [5.41, 5.74) is 5.47. The summed E-state index contributed by atoms with van der Waals surface area (Å²) in [5, 5.41) is 2.79. The highest BCUT2D eigenvalue weighted by Gasteiger charge is 2.31. The molecule has 1 saturated heterocycles. The predicted molar refractivity (Wildman–Crippen MR) is 91.7 cm³/mol. The van der Waals surface area contributed by atoms with Gasteiger partial charge in [0.15, 0.2) is 0 Å². The molecule has 1 fully saturated rings. The number of nitrogens with two attached hydrogens (primary N) is 1. The van der Waals surface area contributed by atoms with Crippen molar-refractivity contribution in [2.24, 2.45) is 5.73 Å². The Hall–Kier alpha value is -1.31. The van der Waals surface area contributed by atoms with E-state index >= 15 is 0 Å². The van der Waals surface area contributed by atoms with Gasteiger partial charge in [-0.2, -0.15) is 13.2 Å². The standard InChI is InChI=1S/C17H23F3N2O2.ClH/c1-11(12-3-2-4-13(9-12)17(18,19)20)7-8-22-16(23)15-6-5-14(10-21)24-15;/h2-4,9,11,14-15H,5-8,10,21H2,1H3,(H,22,23);1H/t11?,14-,15+;/m1./s1. The molecule has 1 amide bonds. The SMILES string of the molecule is CC(CCNC(=O)[C@@H]1CC[C@H](CN)O1)c1cccc(C(F)(F)F)c1.Cl. The van der Waals surface area contributed by atoms with Gasteiger partial charge in [0.25, 0.3) is 0 Å². The summed E-state index contributed by atoms with van der Waals surface area (Å²) in [4.78, 5) is 12.0. The van der Waals surface area contributed by atoms with E-state index in [9.17, 15) is 18.0 Å². The van der Waals surface area contributed by atoms with Crippen LogP contribution in [0.1, 0.15) is 43.2 Å². The minimum absolute atomic E-state index is 0. The van der Waals surface area contributed by atoms with Crippen LogP contribution in [0.4, 0.5) is 13.2 Å². The number of benzene rings is 1. The van der Waals surface area contributed by atoms with Crippen LogP contribution in [0.25, 0.3) is 0 Å². The van der Waals surface area contributed by atoms with Crippen molar-refractivity contribution in [1.29, 1.82) is 0 Å². The van der Waals surface area contributed by atoms with Gasteiger partial charge >= 0.3 is 6.18 Å². The Morgan fingerprint density at radius 3 is 2.72 bits per heavy atom. The van der Waals surface area contributed by atoms with Gasteiger partial charge in [-0.05, 0) is 36.8 Å². The van der Waals surface area contributed by atoms with Crippen LogP contribution in [0.5, 0.6) is 0 Å². The van der Waals surface area contributed by atoms with E-state index in [1.807, 2.05) is 6.92 Å². The Kier molecular flexibility index (Phi) is 8.18. The Bertz CT molecular complexity index is 569. The number of carbonyl (C=O) groups is 1. The van der Waals surface area contributed by atoms with Crippen LogP contribution in [0.3, 0.4) is 0 Å². The Balaban J connectivity index is 0.00000312. The molecule has 0 aliphatic carbocycles. The molecule has 0 radical (unpaired) electrons. The van der Waals surface area contributed by atoms with Gasteiger partial charge < -0.3 is 15.8 Å². The van der Waals surface area contributed by atoms with Crippen LogP contribution in [-0.2, 0) is 15.7 Å². The number of rotatable bonds is 6. The maximum absolute atomic E-state index is 12.7. The quantitative estimate of drug-likeness (QED) is 0.796. The van der Waals surface area contributed by atoms with Gasteiger partial charge in [-0.15, -0.1) is 12.4 Å². The van der Waals surface area contributed by atoms with E-state index in [0.717, 1.165) is 12.5 Å². The van der Waals surface area contributed by atoms with Crippen molar-refractivity contribution in [2.45, 2.75) is 50.5 Å². The van der Waals surface area contributed by atoms with Crippen LogP contribution in [0.15, 0.2) is 24.3 Å². The van der Waals surface area contributed by atoms with Crippen molar-refractivity contribution in [3.8, 4) is 0 Å². The van der Waals surface area contributed by atoms with Crippen LogP contribution in [-0.4, -0.2) is 31.2 Å². The number of hydrogen-bond acceptors (Lipinski definition) is 3. The number of halogens is 4. The van der Waals surface area contributed by atoms with Crippen LogP contribution in [0, 0.1) is 0 Å². The highest BCUT2D eigenvalue weighted by atomic mass is 35.5. The summed E-state index contributed by atoms with van der Waals surface area (Å²) in [6, 6.07) is 5.31. The van der Waals surface area contributed by atoms with E-state index in [1.165, 1.54) is 12.1 Å². The zero-order valence-electron chi connectivity index (χ0n) is 14.0. The molecular weight excluding hydrogens is 357 g/mol. The molecule has 1 unspecified atom stereocenters. The number of nitrogens with one attached hydrogen (secondary N) is 1. The second kappa shape index (κ2) is 9.40. The molecule has 0 spiro atoms. The fourth-order valence-corrected chi connectivity index (χ4v) is 2.79. The Morgan fingerprint density at radius 1 is 1.40 bits per heavy atom. The number of ether oxygens (including phenoxy) is 1. The number of alkyl halides is 3. The second-order valence-electron chi connectivity index (χ2n) is 6.16. The average molecular weight is 381 g/mol. The summed E-state index contributed by atoms with van der Waals surface area (Å²) in [5.74, 6) is -0.268. The second-order valence-corrected chi connectivity index (χ2v) is 6.16. The molecule has 3 N–H and O–H groups in total. The molecule has 0 aromatic heterocycles. The maximum atomic E-state index is 12.7. The maximum Gasteiger partial charge on any atom is 0.416 e. The van der Waals surface area contributed by atoms with Gasteiger partial charge in [0.1, 0.15) is 6.10 Å². The van der Waals surface area contributed by atoms with Gasteiger partial charge in [-0.25, -0.2) is 0 Å². The lowest BCUT2D eigenvalue weighted by Crippen LogP contribution is -2.36.